The summed E-state index contributed by atoms with van der Waals surface area (Å²) in [7, 11) is 0. The second kappa shape index (κ2) is 11.7. The van der Waals surface area contributed by atoms with E-state index in [2.05, 4.69) is 28.6 Å². The van der Waals surface area contributed by atoms with E-state index >= 15 is 0 Å². The number of fused-ring (bicyclic) bond motifs is 1. The third kappa shape index (κ3) is 6.11. The molecular weight excluding hydrogens is 458 g/mol. The molecule has 6 heteroatoms. The van der Waals surface area contributed by atoms with E-state index in [0.717, 1.165) is 54.0 Å². The van der Waals surface area contributed by atoms with E-state index in [9.17, 15) is 4.79 Å². The number of benzene rings is 3. The van der Waals surface area contributed by atoms with Gasteiger partial charge >= 0.3 is 0 Å². The number of hydrogen-bond acceptors (Lipinski definition) is 3. The van der Waals surface area contributed by atoms with Gasteiger partial charge in [-0.2, -0.15) is 0 Å². The number of unbranched alkanes of at least 4 members (excludes halogenated alkanes) is 1. The molecule has 0 bridgehead atoms. The van der Waals surface area contributed by atoms with Crippen LogP contribution in [0.2, 0.25) is 5.02 Å². The summed E-state index contributed by atoms with van der Waals surface area (Å²) in [6, 6.07) is 22.8. The number of allylic oxidation sites excluding steroid dienone is 1. The summed E-state index contributed by atoms with van der Waals surface area (Å²) in [5.74, 6) is 1.60. The second-order valence-corrected chi connectivity index (χ2v) is 8.90. The van der Waals surface area contributed by atoms with Gasteiger partial charge in [0.2, 0.25) is 0 Å². The molecule has 0 fully saturated rings. The number of nitrogens with one attached hydrogen (secondary N) is 1. The first-order valence-corrected chi connectivity index (χ1v) is 12.3. The molecule has 0 aliphatic rings. The molecule has 0 aliphatic heterocycles. The van der Waals surface area contributed by atoms with Crippen LogP contribution in [0.1, 0.15) is 47.6 Å². The SMILES string of the molecule is C=CCc1ccccc1OCCCCn1c(C(C)NC(=O)c2ccc(Cl)cc2)nc2ccccc21. The topological polar surface area (TPSA) is 56.1 Å². The van der Waals surface area contributed by atoms with Gasteiger partial charge in [0.25, 0.3) is 5.91 Å². The second-order valence-electron chi connectivity index (χ2n) is 8.47. The van der Waals surface area contributed by atoms with Crippen molar-refractivity contribution < 1.29 is 9.53 Å². The number of carbonyl (C=O) groups is 1. The van der Waals surface area contributed by atoms with Crippen molar-refractivity contribution in [2.45, 2.75) is 38.8 Å². The van der Waals surface area contributed by atoms with Gasteiger partial charge in [0, 0.05) is 17.1 Å². The molecule has 4 rings (SSSR count). The monoisotopic (exact) mass is 487 g/mol. The Bertz CT molecular complexity index is 1300. The maximum atomic E-state index is 12.8. The van der Waals surface area contributed by atoms with Gasteiger partial charge in [-0.15, -0.1) is 6.58 Å². The van der Waals surface area contributed by atoms with Gasteiger partial charge in [-0.25, -0.2) is 4.98 Å². The predicted molar refractivity (Wildman–Crippen MR) is 142 cm³/mol. The van der Waals surface area contributed by atoms with Crippen LogP contribution in [-0.4, -0.2) is 22.1 Å². The quantitative estimate of drug-likeness (QED) is 0.187. The minimum absolute atomic E-state index is 0.153. The summed E-state index contributed by atoms with van der Waals surface area (Å²) in [5.41, 5.74) is 3.70. The van der Waals surface area contributed by atoms with Gasteiger partial charge in [0.15, 0.2) is 0 Å². The molecule has 35 heavy (non-hydrogen) atoms. The standard InChI is InChI=1S/C29H30ClN3O2/c1-3-10-22-11-4-7-14-27(22)35-20-9-8-19-33-26-13-6-5-12-25(26)32-28(33)21(2)31-29(34)23-15-17-24(30)18-16-23/h3-7,11-18,21H,1,8-10,19-20H2,2H3,(H,31,34). The van der Waals surface area contributed by atoms with Gasteiger partial charge in [-0.05, 0) is 74.2 Å². The maximum Gasteiger partial charge on any atom is 0.251 e. The number of carbonyl (C=O) groups excluding carboxylic acids is 1. The van der Waals surface area contributed by atoms with Crippen LogP contribution in [0.5, 0.6) is 5.75 Å². The number of nitrogens with zero attached hydrogens (tertiary/aromatic N) is 2. The first kappa shape index (κ1) is 24.6. The first-order valence-electron chi connectivity index (χ1n) is 11.9. The highest BCUT2D eigenvalue weighted by Crippen LogP contribution is 2.23. The van der Waals surface area contributed by atoms with E-state index in [1.165, 1.54) is 0 Å². The number of hydrogen-bond donors (Lipinski definition) is 1. The van der Waals surface area contributed by atoms with Gasteiger partial charge in [0.05, 0.1) is 23.7 Å². The third-order valence-corrected chi connectivity index (χ3v) is 6.15. The summed E-state index contributed by atoms with van der Waals surface area (Å²) >= 11 is 5.95. The lowest BCUT2D eigenvalue weighted by molar-refractivity contribution is 0.0937. The summed E-state index contributed by atoms with van der Waals surface area (Å²) < 4.78 is 8.25. The summed E-state index contributed by atoms with van der Waals surface area (Å²) in [5, 5.41) is 3.68. The minimum Gasteiger partial charge on any atom is -0.493 e. The van der Waals surface area contributed by atoms with E-state index < -0.39 is 0 Å². The van der Waals surface area contributed by atoms with Gasteiger partial charge in [0.1, 0.15) is 11.6 Å². The Morgan fingerprint density at radius 3 is 2.63 bits per heavy atom. The van der Waals surface area contributed by atoms with Crippen molar-refractivity contribution in [2.75, 3.05) is 6.61 Å². The van der Waals surface area contributed by atoms with Crippen LogP contribution in [0.3, 0.4) is 0 Å². The lowest BCUT2D eigenvalue weighted by Crippen LogP contribution is -2.28. The van der Waals surface area contributed by atoms with Crippen LogP contribution < -0.4 is 10.1 Å². The van der Waals surface area contributed by atoms with Gasteiger partial charge in [-0.3, -0.25) is 4.79 Å². The minimum atomic E-state index is -0.257. The molecule has 1 aromatic heterocycles. The van der Waals surface area contributed by atoms with Crippen molar-refractivity contribution >= 4 is 28.5 Å². The largest absolute Gasteiger partial charge is 0.493 e. The van der Waals surface area contributed by atoms with Crippen molar-refractivity contribution in [1.82, 2.24) is 14.9 Å². The Hall–Kier alpha value is -3.57. The van der Waals surface area contributed by atoms with E-state index in [0.29, 0.717) is 17.2 Å². The Balaban J connectivity index is 1.41. The number of imidazole rings is 1. The van der Waals surface area contributed by atoms with Crippen molar-refractivity contribution in [1.29, 1.82) is 0 Å². The average Bonchev–Trinajstić information content (AvgIpc) is 3.24. The molecule has 0 saturated heterocycles. The number of aromatic nitrogens is 2. The molecule has 0 saturated carbocycles. The number of ether oxygens (including phenoxy) is 1. The molecule has 180 valence electrons. The highest BCUT2D eigenvalue weighted by Gasteiger charge is 2.19. The fourth-order valence-electron chi connectivity index (χ4n) is 4.13. The molecule has 1 N–H and O–H groups in total. The molecule has 0 spiro atoms. The average molecular weight is 488 g/mol. The molecule has 1 amide bonds. The van der Waals surface area contributed by atoms with Crippen LogP contribution in [-0.2, 0) is 13.0 Å². The fraction of sp³-hybridized carbons (Fsp3) is 0.241. The van der Waals surface area contributed by atoms with Crippen molar-refractivity contribution in [3.8, 4) is 5.75 Å². The van der Waals surface area contributed by atoms with Crippen molar-refractivity contribution in [2.24, 2.45) is 0 Å². The van der Waals surface area contributed by atoms with Crippen molar-refractivity contribution in [3.63, 3.8) is 0 Å². The molecule has 4 aromatic rings. The Morgan fingerprint density at radius 2 is 1.83 bits per heavy atom. The molecule has 1 atom stereocenters. The zero-order valence-electron chi connectivity index (χ0n) is 19.9. The molecule has 3 aromatic carbocycles. The Kier molecular flexibility index (Phi) is 8.22. The number of amides is 1. The summed E-state index contributed by atoms with van der Waals surface area (Å²) in [4.78, 5) is 17.6. The molecule has 5 nitrogen and oxygen atoms in total. The Morgan fingerprint density at radius 1 is 1.09 bits per heavy atom. The van der Waals surface area contributed by atoms with Crippen LogP contribution in [0, 0.1) is 0 Å². The number of aryl methyl sites for hydroxylation is 1. The van der Waals surface area contributed by atoms with E-state index in [-0.39, 0.29) is 11.9 Å². The normalized spacial score (nSPS) is 11.8. The van der Waals surface area contributed by atoms with E-state index in [1.54, 1.807) is 24.3 Å². The van der Waals surface area contributed by atoms with Gasteiger partial charge < -0.3 is 14.6 Å². The Labute approximate surface area is 211 Å². The van der Waals surface area contributed by atoms with E-state index in [4.69, 9.17) is 21.3 Å². The smallest absolute Gasteiger partial charge is 0.251 e. The highest BCUT2D eigenvalue weighted by atomic mass is 35.5. The molecule has 1 unspecified atom stereocenters. The third-order valence-electron chi connectivity index (χ3n) is 5.90. The summed E-state index contributed by atoms with van der Waals surface area (Å²) in [6.07, 6.45) is 4.51. The lowest BCUT2D eigenvalue weighted by Gasteiger charge is -2.17. The fourth-order valence-corrected chi connectivity index (χ4v) is 4.25. The number of halogens is 1. The zero-order valence-corrected chi connectivity index (χ0v) is 20.7. The molecular formula is C29H30ClN3O2. The first-order chi connectivity index (χ1) is 17.1. The van der Waals surface area contributed by atoms with Crippen LogP contribution in [0.4, 0.5) is 0 Å². The molecule has 1 heterocycles. The zero-order chi connectivity index (χ0) is 24.6. The van der Waals surface area contributed by atoms with Crippen LogP contribution >= 0.6 is 11.6 Å². The maximum absolute atomic E-state index is 12.8. The van der Waals surface area contributed by atoms with E-state index in [1.807, 2.05) is 49.4 Å². The molecule has 0 aliphatic carbocycles. The number of para-hydroxylation sites is 3. The van der Waals surface area contributed by atoms with Crippen LogP contribution in [0.15, 0.2) is 85.5 Å². The highest BCUT2D eigenvalue weighted by molar-refractivity contribution is 6.30. The summed E-state index contributed by atoms with van der Waals surface area (Å²) in [6.45, 7) is 7.21. The van der Waals surface area contributed by atoms with Gasteiger partial charge in [-0.1, -0.05) is 48.0 Å². The predicted octanol–water partition coefficient (Wildman–Crippen LogP) is 6.77. The van der Waals surface area contributed by atoms with Crippen LogP contribution in [0.25, 0.3) is 11.0 Å². The van der Waals surface area contributed by atoms with Crippen molar-refractivity contribution in [3.05, 3.63) is 107 Å². The molecule has 0 radical (unpaired) electrons. The number of rotatable bonds is 11. The lowest BCUT2D eigenvalue weighted by atomic mass is 10.1.